The highest BCUT2D eigenvalue weighted by Crippen LogP contribution is 2.37. The van der Waals surface area contributed by atoms with Gasteiger partial charge in [-0.25, -0.2) is 0 Å². The summed E-state index contributed by atoms with van der Waals surface area (Å²) in [5.41, 5.74) is 0. The standard InChI is InChI=1S/C12H19IO4/c1-4-6-8(14)10-11(9(15)7-5-2)17-12(3,13)16-10/h4-5,8-11,14-15H,1-2,6-7H2,3H3/t8-,9-,10-,11-/m0/s1. The maximum absolute atomic E-state index is 9.95. The maximum atomic E-state index is 9.95. The molecule has 0 aromatic heterocycles. The van der Waals surface area contributed by atoms with Crippen molar-refractivity contribution in [3.63, 3.8) is 0 Å². The molecule has 1 saturated heterocycles. The molecule has 17 heavy (non-hydrogen) atoms. The lowest BCUT2D eigenvalue weighted by molar-refractivity contribution is -0.0885. The highest BCUT2D eigenvalue weighted by Gasteiger charge is 2.48. The number of halogens is 1. The normalized spacial score (nSPS) is 36.5. The molecule has 1 aliphatic heterocycles. The summed E-state index contributed by atoms with van der Waals surface area (Å²) in [6.07, 6.45) is 1.48. The molecule has 0 saturated carbocycles. The Morgan fingerprint density at radius 1 is 1.18 bits per heavy atom. The van der Waals surface area contributed by atoms with Gasteiger partial charge in [0.25, 0.3) is 0 Å². The number of ether oxygens (including phenoxy) is 2. The van der Waals surface area contributed by atoms with Gasteiger partial charge in [-0.3, -0.25) is 0 Å². The van der Waals surface area contributed by atoms with E-state index in [1.54, 1.807) is 19.1 Å². The molecule has 0 radical (unpaired) electrons. The Morgan fingerprint density at radius 3 is 1.82 bits per heavy atom. The molecule has 0 aromatic rings. The molecule has 5 heteroatoms. The Bertz CT molecular complexity index is 254. The summed E-state index contributed by atoms with van der Waals surface area (Å²) in [6.45, 7) is 8.91. The lowest BCUT2D eigenvalue weighted by Crippen LogP contribution is -2.41. The molecule has 0 unspecified atom stereocenters. The van der Waals surface area contributed by atoms with Gasteiger partial charge in [0.05, 0.1) is 12.2 Å². The van der Waals surface area contributed by atoms with Gasteiger partial charge in [-0.15, -0.1) is 13.2 Å². The molecule has 1 heterocycles. The first kappa shape index (κ1) is 15.1. The molecule has 0 aliphatic carbocycles. The van der Waals surface area contributed by atoms with Crippen molar-refractivity contribution in [2.45, 2.75) is 48.0 Å². The van der Waals surface area contributed by atoms with Gasteiger partial charge in [0.2, 0.25) is 3.79 Å². The van der Waals surface area contributed by atoms with Crippen LogP contribution in [-0.4, -0.2) is 38.4 Å². The number of aliphatic hydroxyl groups excluding tert-OH is 2. The van der Waals surface area contributed by atoms with Crippen LogP contribution in [0.2, 0.25) is 0 Å². The Morgan fingerprint density at radius 2 is 1.53 bits per heavy atom. The van der Waals surface area contributed by atoms with Gasteiger partial charge in [-0.2, -0.15) is 0 Å². The molecule has 1 aliphatic rings. The van der Waals surface area contributed by atoms with Crippen molar-refractivity contribution in [3.8, 4) is 0 Å². The molecular formula is C12H19IO4. The lowest BCUT2D eigenvalue weighted by atomic mass is 9.99. The average Bonchev–Trinajstić information content (AvgIpc) is 2.55. The smallest absolute Gasteiger partial charge is 0.219 e. The van der Waals surface area contributed by atoms with Crippen molar-refractivity contribution < 1.29 is 19.7 Å². The summed E-state index contributed by atoms with van der Waals surface area (Å²) in [5, 5.41) is 19.9. The van der Waals surface area contributed by atoms with Gasteiger partial charge >= 0.3 is 0 Å². The van der Waals surface area contributed by atoms with E-state index < -0.39 is 28.2 Å². The van der Waals surface area contributed by atoms with Crippen LogP contribution in [0.1, 0.15) is 19.8 Å². The highest BCUT2D eigenvalue weighted by atomic mass is 127. The molecule has 2 N–H and O–H groups in total. The summed E-state index contributed by atoms with van der Waals surface area (Å²) in [7, 11) is 0. The van der Waals surface area contributed by atoms with E-state index >= 15 is 0 Å². The Kier molecular flexibility index (Phi) is 5.59. The van der Waals surface area contributed by atoms with E-state index in [-0.39, 0.29) is 0 Å². The van der Waals surface area contributed by atoms with Crippen molar-refractivity contribution in [2.24, 2.45) is 0 Å². The summed E-state index contributed by atoms with van der Waals surface area (Å²) in [5.74, 6) is 0. The van der Waals surface area contributed by atoms with E-state index in [1.807, 2.05) is 22.6 Å². The molecule has 4 nitrogen and oxygen atoms in total. The van der Waals surface area contributed by atoms with Gasteiger partial charge in [0, 0.05) is 0 Å². The SMILES string of the molecule is C=CC[C@H](O)[C@@H]1OC(C)(I)O[C@H]1[C@@H](O)CC=C. The summed E-state index contributed by atoms with van der Waals surface area (Å²) >= 11 is 2.00. The summed E-state index contributed by atoms with van der Waals surface area (Å²) in [6, 6.07) is 0. The zero-order valence-electron chi connectivity index (χ0n) is 9.88. The third kappa shape index (κ3) is 4.03. The van der Waals surface area contributed by atoms with Crippen molar-refractivity contribution in [2.75, 3.05) is 0 Å². The van der Waals surface area contributed by atoms with Crippen LogP contribution in [0.4, 0.5) is 0 Å². The van der Waals surface area contributed by atoms with Gasteiger partial charge in [-0.05, 0) is 42.4 Å². The van der Waals surface area contributed by atoms with E-state index in [0.717, 1.165) is 0 Å². The van der Waals surface area contributed by atoms with Crippen LogP contribution >= 0.6 is 22.6 Å². The largest absolute Gasteiger partial charge is 0.390 e. The highest BCUT2D eigenvalue weighted by molar-refractivity contribution is 14.1. The molecule has 0 bridgehead atoms. The van der Waals surface area contributed by atoms with E-state index in [4.69, 9.17) is 9.47 Å². The minimum Gasteiger partial charge on any atom is -0.390 e. The Balaban J connectivity index is 2.76. The first-order valence-corrected chi connectivity index (χ1v) is 6.61. The van der Waals surface area contributed by atoms with Gasteiger partial charge in [0.1, 0.15) is 12.2 Å². The minimum absolute atomic E-state index is 0.401. The second kappa shape index (κ2) is 6.29. The van der Waals surface area contributed by atoms with Crippen LogP contribution in [0.3, 0.4) is 0 Å². The molecule has 98 valence electrons. The molecule has 4 atom stereocenters. The summed E-state index contributed by atoms with van der Waals surface area (Å²) in [4.78, 5) is 0. The lowest BCUT2D eigenvalue weighted by Gasteiger charge is -2.24. The monoisotopic (exact) mass is 354 g/mol. The number of alkyl halides is 1. The van der Waals surface area contributed by atoms with Crippen molar-refractivity contribution in [1.29, 1.82) is 0 Å². The van der Waals surface area contributed by atoms with Gasteiger partial charge < -0.3 is 19.7 Å². The quantitative estimate of drug-likeness (QED) is 0.434. The van der Waals surface area contributed by atoms with E-state index in [0.29, 0.717) is 12.8 Å². The van der Waals surface area contributed by atoms with Crippen LogP contribution in [0, 0.1) is 0 Å². The van der Waals surface area contributed by atoms with Crippen LogP contribution in [-0.2, 0) is 9.47 Å². The first-order chi connectivity index (χ1) is 7.91. The number of rotatable bonds is 6. The van der Waals surface area contributed by atoms with Crippen LogP contribution < -0.4 is 0 Å². The molecular weight excluding hydrogens is 335 g/mol. The van der Waals surface area contributed by atoms with Crippen molar-refractivity contribution in [1.82, 2.24) is 0 Å². The minimum atomic E-state index is -0.822. The summed E-state index contributed by atoms with van der Waals surface area (Å²) < 4.78 is 10.4. The first-order valence-electron chi connectivity index (χ1n) is 5.53. The molecule has 1 rings (SSSR count). The molecule has 0 amide bonds. The second-order valence-electron chi connectivity index (χ2n) is 4.18. The third-order valence-corrected chi connectivity index (χ3v) is 3.10. The fourth-order valence-electron chi connectivity index (χ4n) is 1.85. The zero-order chi connectivity index (χ0) is 13.1. The zero-order valence-corrected chi connectivity index (χ0v) is 12.0. The maximum Gasteiger partial charge on any atom is 0.219 e. The van der Waals surface area contributed by atoms with Crippen molar-refractivity contribution in [3.05, 3.63) is 25.3 Å². The van der Waals surface area contributed by atoms with E-state index in [9.17, 15) is 10.2 Å². The third-order valence-electron chi connectivity index (χ3n) is 2.59. The predicted octanol–water partition coefficient (Wildman–Crippen LogP) is 1.75. The number of hydrogen-bond donors (Lipinski definition) is 2. The fourth-order valence-corrected chi connectivity index (χ4v) is 2.44. The van der Waals surface area contributed by atoms with Crippen molar-refractivity contribution >= 4 is 22.6 Å². The van der Waals surface area contributed by atoms with E-state index in [2.05, 4.69) is 13.2 Å². The number of aliphatic hydroxyl groups is 2. The van der Waals surface area contributed by atoms with Crippen LogP contribution in [0.15, 0.2) is 25.3 Å². The van der Waals surface area contributed by atoms with Crippen LogP contribution in [0.5, 0.6) is 0 Å². The van der Waals surface area contributed by atoms with Gasteiger partial charge in [-0.1, -0.05) is 12.2 Å². The fraction of sp³-hybridized carbons (Fsp3) is 0.667. The predicted molar refractivity (Wildman–Crippen MR) is 73.8 cm³/mol. The van der Waals surface area contributed by atoms with E-state index in [1.165, 1.54) is 0 Å². The Hall–Kier alpha value is 0.0500. The van der Waals surface area contributed by atoms with Gasteiger partial charge in [0.15, 0.2) is 0 Å². The van der Waals surface area contributed by atoms with Crippen LogP contribution in [0.25, 0.3) is 0 Å². The molecule has 0 spiro atoms. The second-order valence-corrected chi connectivity index (χ2v) is 6.14. The number of hydrogen-bond acceptors (Lipinski definition) is 4. The molecule has 1 fully saturated rings. The Labute approximate surface area is 115 Å². The average molecular weight is 354 g/mol. The molecule has 0 aromatic carbocycles. The topological polar surface area (TPSA) is 58.9 Å².